The van der Waals surface area contributed by atoms with Crippen LogP contribution in [-0.4, -0.2) is 42.3 Å². The van der Waals surface area contributed by atoms with E-state index >= 15 is 0 Å². The molecule has 2 amide bonds. The first kappa shape index (κ1) is 21.7. The van der Waals surface area contributed by atoms with Crippen LogP contribution < -0.4 is 10.6 Å². The Morgan fingerprint density at radius 2 is 1.85 bits per heavy atom. The Morgan fingerprint density at radius 1 is 1.22 bits per heavy atom. The number of carbonyl (C=O) groups excluding carboxylic acids is 2. The van der Waals surface area contributed by atoms with Crippen molar-refractivity contribution in [1.82, 2.24) is 5.32 Å². The second-order valence-electron chi connectivity index (χ2n) is 8.05. The highest BCUT2D eigenvalue weighted by atomic mass is 35.5. The number of benzene rings is 1. The molecule has 1 heterocycles. The van der Waals surface area contributed by atoms with Crippen molar-refractivity contribution in [2.45, 2.75) is 58.1 Å². The number of aliphatic hydroxyl groups is 1. The van der Waals surface area contributed by atoms with Crippen molar-refractivity contribution in [2.75, 3.05) is 18.5 Å². The van der Waals surface area contributed by atoms with Gasteiger partial charge < -0.3 is 20.5 Å². The van der Waals surface area contributed by atoms with Gasteiger partial charge in [0, 0.05) is 23.9 Å². The van der Waals surface area contributed by atoms with E-state index in [1.807, 2.05) is 12.1 Å². The van der Waals surface area contributed by atoms with Crippen molar-refractivity contribution in [1.29, 1.82) is 0 Å². The Kier molecular flexibility index (Phi) is 7.25. The fraction of sp³-hybridized carbons (Fsp3) is 0.600. The molecule has 1 aliphatic heterocycles. The van der Waals surface area contributed by atoms with Gasteiger partial charge in [-0.15, -0.1) is 0 Å². The average Bonchev–Trinajstić information content (AvgIpc) is 2.58. The van der Waals surface area contributed by atoms with Crippen LogP contribution in [0.25, 0.3) is 0 Å². The standard InChI is InChI=1S/C20H29ClN2O4/c1-12(24)18(25)23-17(13-7-9-27-10-8-13)19(26)22-14-5-6-15(16(21)11-14)20(2,3)4/h5-6,11-13,17,24H,7-10H2,1-4H3,(H,22,26)(H,23,25)/t12-,17+/m0/s1. The number of aliphatic hydroxyl groups excluding tert-OH is 1. The van der Waals surface area contributed by atoms with Crippen LogP contribution >= 0.6 is 11.6 Å². The number of halogens is 1. The Labute approximate surface area is 165 Å². The minimum Gasteiger partial charge on any atom is -0.384 e. The molecule has 150 valence electrons. The first-order valence-electron chi connectivity index (χ1n) is 9.26. The lowest BCUT2D eigenvalue weighted by atomic mass is 9.87. The van der Waals surface area contributed by atoms with Crippen LogP contribution in [0.4, 0.5) is 5.69 Å². The summed E-state index contributed by atoms with van der Waals surface area (Å²) in [5.41, 5.74) is 1.46. The van der Waals surface area contributed by atoms with Gasteiger partial charge in [0.25, 0.3) is 0 Å². The van der Waals surface area contributed by atoms with E-state index in [1.54, 1.807) is 6.07 Å². The first-order valence-corrected chi connectivity index (χ1v) is 9.64. The Morgan fingerprint density at radius 3 is 2.37 bits per heavy atom. The highest BCUT2D eigenvalue weighted by molar-refractivity contribution is 6.31. The maximum Gasteiger partial charge on any atom is 0.249 e. The maximum atomic E-state index is 12.9. The van der Waals surface area contributed by atoms with E-state index in [0.717, 1.165) is 5.56 Å². The van der Waals surface area contributed by atoms with Gasteiger partial charge in [0.1, 0.15) is 12.1 Å². The molecule has 2 rings (SSSR count). The zero-order valence-electron chi connectivity index (χ0n) is 16.3. The van der Waals surface area contributed by atoms with Crippen molar-refractivity contribution in [3.8, 4) is 0 Å². The van der Waals surface area contributed by atoms with Gasteiger partial charge in [0.2, 0.25) is 11.8 Å². The molecular weight excluding hydrogens is 368 g/mol. The molecule has 0 saturated carbocycles. The van der Waals surface area contributed by atoms with E-state index in [2.05, 4.69) is 31.4 Å². The molecule has 0 aliphatic carbocycles. The summed E-state index contributed by atoms with van der Waals surface area (Å²) >= 11 is 6.38. The lowest BCUT2D eigenvalue weighted by molar-refractivity contribution is -0.133. The van der Waals surface area contributed by atoms with E-state index in [9.17, 15) is 14.7 Å². The minimum absolute atomic E-state index is 0.0502. The van der Waals surface area contributed by atoms with Gasteiger partial charge in [-0.05, 0) is 48.8 Å². The molecular formula is C20H29ClN2O4. The minimum atomic E-state index is -1.18. The summed E-state index contributed by atoms with van der Waals surface area (Å²) in [4.78, 5) is 24.8. The van der Waals surface area contributed by atoms with E-state index in [-0.39, 0.29) is 17.2 Å². The summed E-state index contributed by atoms with van der Waals surface area (Å²) in [5.74, 6) is -0.941. The summed E-state index contributed by atoms with van der Waals surface area (Å²) in [6.07, 6.45) is 0.157. The van der Waals surface area contributed by atoms with Crippen LogP contribution in [-0.2, 0) is 19.7 Å². The Balaban J connectivity index is 2.17. The van der Waals surface area contributed by atoms with E-state index in [1.165, 1.54) is 6.92 Å². The zero-order chi connectivity index (χ0) is 20.2. The molecule has 1 aromatic carbocycles. The number of anilines is 1. The molecule has 3 N–H and O–H groups in total. The van der Waals surface area contributed by atoms with Crippen molar-refractivity contribution < 1.29 is 19.4 Å². The average molecular weight is 397 g/mol. The molecule has 7 heteroatoms. The third-order valence-electron chi connectivity index (χ3n) is 4.74. The largest absolute Gasteiger partial charge is 0.384 e. The van der Waals surface area contributed by atoms with Crippen molar-refractivity contribution in [2.24, 2.45) is 5.92 Å². The van der Waals surface area contributed by atoms with Gasteiger partial charge in [-0.3, -0.25) is 9.59 Å². The molecule has 0 unspecified atom stereocenters. The SMILES string of the molecule is C[C@H](O)C(=O)N[C@@H](C(=O)Nc1ccc(C(C)(C)C)c(Cl)c1)C1CCOCC1. The van der Waals surface area contributed by atoms with E-state index < -0.39 is 18.1 Å². The van der Waals surface area contributed by atoms with Gasteiger partial charge in [0.05, 0.1) is 0 Å². The summed E-state index contributed by atoms with van der Waals surface area (Å²) in [5, 5.41) is 15.6. The number of nitrogens with one attached hydrogen (secondary N) is 2. The molecule has 1 fully saturated rings. The van der Waals surface area contributed by atoms with Crippen LogP contribution in [0.3, 0.4) is 0 Å². The molecule has 0 radical (unpaired) electrons. The molecule has 1 saturated heterocycles. The number of carbonyl (C=O) groups is 2. The molecule has 1 aliphatic rings. The predicted octanol–water partition coefficient (Wildman–Crippen LogP) is 2.87. The molecule has 1 aromatic rings. The van der Waals surface area contributed by atoms with Gasteiger partial charge in [-0.2, -0.15) is 0 Å². The van der Waals surface area contributed by atoms with Crippen molar-refractivity contribution in [3.05, 3.63) is 28.8 Å². The highest BCUT2D eigenvalue weighted by Gasteiger charge is 2.32. The molecule has 27 heavy (non-hydrogen) atoms. The topological polar surface area (TPSA) is 87.7 Å². The lowest BCUT2D eigenvalue weighted by Crippen LogP contribution is -2.52. The van der Waals surface area contributed by atoms with E-state index in [4.69, 9.17) is 16.3 Å². The number of ether oxygens (including phenoxy) is 1. The summed E-state index contributed by atoms with van der Waals surface area (Å²) in [7, 11) is 0. The van der Waals surface area contributed by atoms with Crippen LogP contribution in [0.5, 0.6) is 0 Å². The summed E-state index contributed by atoms with van der Waals surface area (Å²) in [6.45, 7) is 8.67. The molecule has 6 nitrogen and oxygen atoms in total. The maximum absolute atomic E-state index is 12.9. The normalized spacial score (nSPS) is 17.9. The van der Waals surface area contributed by atoms with Gasteiger partial charge in [-0.25, -0.2) is 0 Å². The number of hydrogen-bond acceptors (Lipinski definition) is 4. The third kappa shape index (κ3) is 5.92. The number of hydrogen-bond donors (Lipinski definition) is 3. The molecule has 2 atom stereocenters. The van der Waals surface area contributed by atoms with Gasteiger partial charge >= 0.3 is 0 Å². The number of amides is 2. The first-order chi connectivity index (χ1) is 12.6. The second kappa shape index (κ2) is 9.04. The van der Waals surface area contributed by atoms with Gasteiger partial charge in [-0.1, -0.05) is 38.4 Å². The summed E-state index contributed by atoms with van der Waals surface area (Å²) < 4.78 is 5.35. The van der Waals surface area contributed by atoms with Crippen LogP contribution in [0.2, 0.25) is 5.02 Å². The molecule has 0 aromatic heterocycles. The fourth-order valence-electron chi connectivity index (χ4n) is 3.14. The van der Waals surface area contributed by atoms with Crippen molar-refractivity contribution in [3.63, 3.8) is 0 Å². The Hall–Kier alpha value is -1.63. The number of rotatable bonds is 5. The quantitative estimate of drug-likeness (QED) is 0.714. The summed E-state index contributed by atoms with van der Waals surface area (Å²) in [6, 6.07) is 4.69. The van der Waals surface area contributed by atoms with Gasteiger partial charge in [0.15, 0.2) is 0 Å². The third-order valence-corrected chi connectivity index (χ3v) is 5.05. The van der Waals surface area contributed by atoms with Crippen LogP contribution in [0, 0.1) is 5.92 Å². The molecule has 0 spiro atoms. The van der Waals surface area contributed by atoms with E-state index in [0.29, 0.717) is 36.8 Å². The highest BCUT2D eigenvalue weighted by Crippen LogP contribution is 2.31. The smallest absolute Gasteiger partial charge is 0.249 e. The molecule has 0 bridgehead atoms. The van der Waals surface area contributed by atoms with Crippen LogP contribution in [0.15, 0.2) is 18.2 Å². The fourth-order valence-corrected chi connectivity index (χ4v) is 3.61. The lowest BCUT2D eigenvalue weighted by Gasteiger charge is -2.30. The monoisotopic (exact) mass is 396 g/mol. The Bertz CT molecular complexity index is 679. The van der Waals surface area contributed by atoms with Crippen molar-refractivity contribution >= 4 is 29.1 Å². The predicted molar refractivity (Wildman–Crippen MR) is 106 cm³/mol. The second-order valence-corrected chi connectivity index (χ2v) is 8.45. The van der Waals surface area contributed by atoms with Crippen LogP contribution in [0.1, 0.15) is 46.1 Å². The zero-order valence-corrected chi connectivity index (χ0v) is 17.1.